The third kappa shape index (κ3) is 10.6. The van der Waals surface area contributed by atoms with Gasteiger partial charge < -0.3 is 36.3 Å². The first-order valence-corrected chi connectivity index (χ1v) is 23.1. The maximum absolute atomic E-state index is 12.7. The monoisotopic (exact) mass is 987 g/mol. The zero-order chi connectivity index (χ0) is 49.6. The third-order valence-electron chi connectivity index (χ3n) is 14.2. The van der Waals surface area contributed by atoms with Crippen LogP contribution in [0.2, 0.25) is 0 Å². The minimum absolute atomic E-state index is 0. The first-order valence-electron chi connectivity index (χ1n) is 23.1. The predicted molar refractivity (Wildman–Crippen MR) is 271 cm³/mol. The standard InChI is InChI=1S/C25H32N6O3.C25H31N5O4.Ca.H2O/c1-14-13-31(6)29-17(14)23(25(3)10-7-8-11-25)28-20-19(21(32)22(20)33)27-16-9-12-26-18(15(16)2)24(34)30(4)5;1-14-13-30(5)28-18(14)16(25(2)9-6-7-10-25)12-15-19(23(33)21(15)31)27-17-8-11-26-20(22(17)32)24(34)29(3)4;;/h9,12-13,23,28H,7-8,10-11H2,1-6H3,(H,26,27);8,11,13,16,32H,6-7,9-10,12H2,1-5H3,(H,26,27);;1H2/q;;+2;/t23-;16-;;/m00../s1. The van der Waals surface area contributed by atoms with Crippen LogP contribution in [0.4, 0.5) is 28.4 Å². The number of nitrogens with one attached hydrogen (secondary N) is 3. The van der Waals surface area contributed by atoms with Gasteiger partial charge in [-0.15, -0.1) is 0 Å². The normalized spacial score (nSPS) is 15.5. The van der Waals surface area contributed by atoms with E-state index >= 15 is 0 Å². The number of carbonyl (C=O) groups is 2. The smallest absolute Gasteiger partial charge is 0.504 e. The van der Waals surface area contributed by atoms with Gasteiger partial charge in [0.15, 0.2) is 11.4 Å². The number of hydrogen-bond donors (Lipinski definition) is 4. The first kappa shape index (κ1) is 55.2. The first-order chi connectivity index (χ1) is 32.1. The molecule has 19 nitrogen and oxygen atoms in total. The van der Waals surface area contributed by atoms with Gasteiger partial charge >= 0.3 is 37.7 Å². The van der Waals surface area contributed by atoms with Crippen molar-refractivity contribution in [1.29, 1.82) is 0 Å². The van der Waals surface area contributed by atoms with E-state index < -0.39 is 27.6 Å². The van der Waals surface area contributed by atoms with E-state index in [1.807, 2.05) is 40.3 Å². The van der Waals surface area contributed by atoms with Crippen molar-refractivity contribution in [1.82, 2.24) is 39.3 Å². The third-order valence-corrected chi connectivity index (χ3v) is 14.2. The molecule has 20 heteroatoms. The van der Waals surface area contributed by atoms with Gasteiger partial charge in [-0.05, 0) is 87.0 Å². The molecule has 2 aliphatic carbocycles. The predicted octanol–water partition coefficient (Wildman–Crippen LogP) is 4.78. The maximum Gasteiger partial charge on any atom is 2.00 e. The Balaban J connectivity index is 0.000000254. The zero-order valence-electron chi connectivity index (χ0n) is 42.2. The fraction of sp³-hybridized carbons (Fsp3) is 0.480. The largest absolute Gasteiger partial charge is 2.00 e. The van der Waals surface area contributed by atoms with E-state index in [2.05, 4.69) is 39.8 Å². The molecule has 0 radical (unpaired) electrons. The van der Waals surface area contributed by atoms with Gasteiger partial charge in [0.1, 0.15) is 17.1 Å². The molecule has 4 heterocycles. The second-order valence-corrected chi connectivity index (χ2v) is 19.8. The van der Waals surface area contributed by atoms with Crippen molar-refractivity contribution in [2.24, 2.45) is 24.9 Å². The SMILES string of the molecule is Cc1cn(C)nc1[C@H](Cc1c(Nc2ccnc(C(=O)N(C)C)c2O)c(=O)c1=O)C1(C)CCCC1.Cc1cn(C)nc1[C@H](Nc1c(Nc2ccnc(C(=O)N(C)C)c2C)c(=O)c1=O)C1(C)CCCC1.O.[Ca+2]. The van der Waals surface area contributed by atoms with Gasteiger partial charge in [0, 0.05) is 89.8 Å². The van der Waals surface area contributed by atoms with Crippen molar-refractivity contribution in [3.63, 3.8) is 0 Å². The van der Waals surface area contributed by atoms with E-state index in [1.165, 1.54) is 28.3 Å². The van der Waals surface area contributed by atoms with Gasteiger partial charge in [-0.1, -0.05) is 39.5 Å². The Bertz CT molecular complexity index is 2830. The summed E-state index contributed by atoms with van der Waals surface area (Å²) in [6.45, 7) is 10.3. The van der Waals surface area contributed by atoms with E-state index in [1.54, 1.807) is 50.5 Å². The Morgan fingerprint density at radius 1 is 0.686 bits per heavy atom. The number of aryl methyl sites for hydroxylation is 4. The fourth-order valence-electron chi connectivity index (χ4n) is 10.2. The van der Waals surface area contributed by atoms with Crippen molar-refractivity contribution in [3.05, 3.63) is 123 Å². The molecule has 2 atom stereocenters. The molecule has 2 fully saturated rings. The molecule has 70 heavy (non-hydrogen) atoms. The van der Waals surface area contributed by atoms with Gasteiger partial charge in [-0.2, -0.15) is 10.2 Å². The van der Waals surface area contributed by atoms with E-state index in [4.69, 9.17) is 10.2 Å². The molecule has 8 rings (SSSR count). The molecule has 2 amide bonds. The summed E-state index contributed by atoms with van der Waals surface area (Å²) in [5.41, 5.74) is 4.12. The van der Waals surface area contributed by atoms with Gasteiger partial charge in [-0.3, -0.25) is 43.1 Å². The molecular weight excluding hydrogens is 923 g/mol. The number of rotatable bonds is 14. The maximum atomic E-state index is 12.7. The van der Waals surface area contributed by atoms with Crippen LogP contribution < -0.4 is 37.7 Å². The second-order valence-electron chi connectivity index (χ2n) is 19.8. The molecule has 0 spiro atoms. The molecule has 6 N–H and O–H groups in total. The quantitative estimate of drug-likeness (QED) is 0.0847. The molecule has 368 valence electrons. The van der Waals surface area contributed by atoms with Gasteiger partial charge in [0.2, 0.25) is 10.9 Å². The van der Waals surface area contributed by atoms with Crippen molar-refractivity contribution in [2.45, 2.75) is 104 Å². The minimum atomic E-state index is -0.625. The summed E-state index contributed by atoms with van der Waals surface area (Å²) < 4.78 is 3.57. The van der Waals surface area contributed by atoms with Crippen LogP contribution in [0.5, 0.6) is 5.75 Å². The summed E-state index contributed by atoms with van der Waals surface area (Å²) in [5.74, 6) is -1.08. The van der Waals surface area contributed by atoms with Crippen molar-refractivity contribution >= 4 is 78.0 Å². The summed E-state index contributed by atoms with van der Waals surface area (Å²) in [5, 5.41) is 29.5. The van der Waals surface area contributed by atoms with Crippen molar-refractivity contribution in [2.75, 3.05) is 44.1 Å². The van der Waals surface area contributed by atoms with Crippen molar-refractivity contribution < 1.29 is 20.2 Å². The zero-order valence-corrected chi connectivity index (χ0v) is 44.4. The number of pyridine rings is 2. The average Bonchev–Trinajstić information content (AvgIpc) is 4.10. The molecule has 0 bridgehead atoms. The Kier molecular flexibility index (Phi) is 17.1. The van der Waals surface area contributed by atoms with E-state index in [-0.39, 0.29) is 106 Å². The molecule has 2 aliphatic rings. The van der Waals surface area contributed by atoms with Crippen LogP contribution in [0.1, 0.15) is 132 Å². The van der Waals surface area contributed by atoms with Crippen LogP contribution in [0.15, 0.2) is 56.1 Å². The summed E-state index contributed by atoms with van der Waals surface area (Å²) in [7, 11) is 10.2. The molecule has 2 aromatic carbocycles. The number of amides is 2. The summed E-state index contributed by atoms with van der Waals surface area (Å²) in [4.78, 5) is 86.2. The average molecular weight is 988 g/mol. The molecule has 0 unspecified atom stereocenters. The number of nitrogens with zero attached hydrogens (tertiary/aromatic N) is 8. The number of carbonyl (C=O) groups excluding carboxylic acids is 2. The summed E-state index contributed by atoms with van der Waals surface area (Å²) >= 11 is 0. The number of hydrogen-bond acceptors (Lipinski definition) is 14. The Hall–Kier alpha value is -5.76. The second kappa shape index (κ2) is 21.7. The topological polar surface area (TPSA) is 258 Å². The van der Waals surface area contributed by atoms with Crippen LogP contribution in [0.3, 0.4) is 0 Å². The van der Waals surface area contributed by atoms with Gasteiger partial charge in [0.25, 0.3) is 22.7 Å². The Morgan fingerprint density at radius 2 is 1.14 bits per heavy atom. The van der Waals surface area contributed by atoms with Crippen molar-refractivity contribution in [3.8, 4) is 5.75 Å². The van der Waals surface area contributed by atoms with Crippen LogP contribution >= 0.6 is 0 Å². The molecule has 0 aliphatic heterocycles. The molecule has 4 aromatic heterocycles. The molecule has 6 aromatic rings. The Labute approximate surface area is 436 Å². The van der Waals surface area contributed by atoms with Crippen LogP contribution in [0, 0.1) is 31.6 Å². The van der Waals surface area contributed by atoms with E-state index in [9.17, 15) is 33.9 Å². The minimum Gasteiger partial charge on any atom is -0.504 e. The summed E-state index contributed by atoms with van der Waals surface area (Å²) in [6, 6.07) is 2.96. The number of aromatic hydroxyl groups is 1. The number of aromatic nitrogens is 6. The van der Waals surface area contributed by atoms with Gasteiger partial charge in [0.05, 0.1) is 28.8 Å². The Morgan fingerprint density at radius 3 is 1.67 bits per heavy atom. The number of anilines is 5. The fourth-order valence-corrected chi connectivity index (χ4v) is 10.2. The van der Waals surface area contributed by atoms with Gasteiger partial charge in [-0.25, -0.2) is 4.98 Å². The molecule has 0 saturated heterocycles. The van der Waals surface area contributed by atoms with E-state index in [0.29, 0.717) is 28.9 Å². The van der Waals surface area contributed by atoms with E-state index in [0.717, 1.165) is 73.9 Å². The van der Waals surface area contributed by atoms with Crippen LogP contribution in [-0.2, 0) is 20.5 Å². The summed E-state index contributed by atoms with van der Waals surface area (Å²) in [6.07, 6.45) is 15.8. The van der Waals surface area contributed by atoms with Crippen LogP contribution in [-0.4, -0.2) is 128 Å². The molecule has 2 saturated carbocycles. The van der Waals surface area contributed by atoms with Crippen LogP contribution in [0.25, 0.3) is 0 Å². The molecular formula is C50H65CaN11O8+2.